The number of amides is 1. The van der Waals surface area contributed by atoms with Crippen molar-refractivity contribution in [1.82, 2.24) is 14.9 Å². The van der Waals surface area contributed by atoms with Crippen molar-refractivity contribution in [1.29, 1.82) is 5.26 Å². The molecule has 0 aliphatic carbocycles. The van der Waals surface area contributed by atoms with Crippen LogP contribution in [0.25, 0.3) is 0 Å². The number of aromatic nitrogens is 2. The Balaban J connectivity index is 1.80. The second-order valence-corrected chi connectivity index (χ2v) is 5.51. The third kappa shape index (κ3) is 2.23. The summed E-state index contributed by atoms with van der Waals surface area (Å²) in [6.45, 7) is 0.407. The molecule has 1 aromatic carbocycles. The molecule has 116 valence electrons. The molecule has 0 bridgehead atoms. The second-order valence-electron chi connectivity index (χ2n) is 5.51. The quantitative estimate of drug-likeness (QED) is 0.726. The molecular formula is C18H12N4O2. The van der Waals surface area contributed by atoms with Gasteiger partial charge in [-0.1, -0.05) is 6.07 Å². The Morgan fingerprint density at radius 3 is 2.92 bits per heavy atom. The first-order chi connectivity index (χ1) is 11.8. The topological polar surface area (TPSA) is 83.0 Å². The number of carbonyl (C=O) groups excluding carboxylic acids is 1. The average molecular weight is 316 g/mol. The number of fused-ring (bicyclic) bond motifs is 1. The number of nitrogens with zero attached hydrogens (tertiary/aromatic N) is 4. The average Bonchev–Trinajstić information content (AvgIpc) is 3.28. The molecule has 3 heterocycles. The van der Waals surface area contributed by atoms with Crippen molar-refractivity contribution < 1.29 is 9.21 Å². The van der Waals surface area contributed by atoms with Gasteiger partial charge in [0.2, 0.25) is 0 Å². The van der Waals surface area contributed by atoms with Crippen LogP contribution in [0.5, 0.6) is 0 Å². The summed E-state index contributed by atoms with van der Waals surface area (Å²) in [5.74, 6) is 0.454. The lowest BCUT2D eigenvalue weighted by atomic mass is 10.0. The Morgan fingerprint density at radius 2 is 2.21 bits per heavy atom. The number of benzene rings is 1. The van der Waals surface area contributed by atoms with Gasteiger partial charge in [0.25, 0.3) is 5.91 Å². The Hall–Kier alpha value is -3.46. The highest BCUT2D eigenvalue weighted by Gasteiger charge is 2.37. The lowest BCUT2D eigenvalue weighted by molar-refractivity contribution is 0.0703. The fraction of sp³-hybridized carbons (Fsp3) is 0.111. The van der Waals surface area contributed by atoms with Crippen LogP contribution in [-0.2, 0) is 6.54 Å². The first-order valence-electron chi connectivity index (χ1n) is 7.40. The van der Waals surface area contributed by atoms with E-state index < -0.39 is 0 Å². The van der Waals surface area contributed by atoms with Crippen molar-refractivity contribution in [3.63, 3.8) is 0 Å². The summed E-state index contributed by atoms with van der Waals surface area (Å²) < 4.78 is 5.46. The zero-order chi connectivity index (χ0) is 16.5. The van der Waals surface area contributed by atoms with E-state index in [4.69, 9.17) is 9.68 Å². The van der Waals surface area contributed by atoms with Crippen molar-refractivity contribution in [3.8, 4) is 6.07 Å². The van der Waals surface area contributed by atoms with E-state index >= 15 is 0 Å². The number of nitriles is 1. The molecule has 0 N–H and O–H groups in total. The highest BCUT2D eigenvalue weighted by atomic mass is 16.3. The van der Waals surface area contributed by atoms with Crippen molar-refractivity contribution in [3.05, 3.63) is 83.3 Å². The standard InChI is InChI=1S/C18H12N4O2/c19-7-12-3-4-15-14(6-12)10-22(17(15)16-9-21-11-24-16)18(23)13-2-1-5-20-8-13/h1-6,8-9,11,17H,10H2/t17-/m1/s1. The summed E-state index contributed by atoms with van der Waals surface area (Å²) >= 11 is 0. The third-order valence-electron chi connectivity index (χ3n) is 4.11. The summed E-state index contributed by atoms with van der Waals surface area (Å²) in [6, 6.07) is 10.7. The first-order valence-corrected chi connectivity index (χ1v) is 7.40. The molecule has 0 saturated carbocycles. The summed E-state index contributed by atoms with van der Waals surface area (Å²) in [5, 5.41) is 9.10. The first kappa shape index (κ1) is 14.2. The minimum Gasteiger partial charge on any atom is -0.446 e. The van der Waals surface area contributed by atoms with Crippen LogP contribution in [0.3, 0.4) is 0 Å². The third-order valence-corrected chi connectivity index (χ3v) is 4.11. The van der Waals surface area contributed by atoms with Gasteiger partial charge in [0, 0.05) is 18.9 Å². The Labute approximate surface area is 138 Å². The molecule has 0 saturated heterocycles. The van der Waals surface area contributed by atoms with Gasteiger partial charge in [0.15, 0.2) is 12.2 Å². The number of carbonyl (C=O) groups is 1. The van der Waals surface area contributed by atoms with Crippen LogP contribution in [0, 0.1) is 11.3 Å². The molecule has 0 spiro atoms. The largest absolute Gasteiger partial charge is 0.446 e. The van der Waals surface area contributed by atoms with Crippen LogP contribution in [0.1, 0.15) is 38.9 Å². The van der Waals surface area contributed by atoms with Gasteiger partial charge in [0.05, 0.1) is 23.4 Å². The van der Waals surface area contributed by atoms with Crippen LogP contribution >= 0.6 is 0 Å². The molecule has 1 aliphatic rings. The molecule has 6 nitrogen and oxygen atoms in total. The van der Waals surface area contributed by atoms with Gasteiger partial charge in [-0.3, -0.25) is 9.78 Å². The predicted octanol–water partition coefficient (Wildman–Crippen LogP) is 2.69. The lowest BCUT2D eigenvalue weighted by Gasteiger charge is -2.23. The van der Waals surface area contributed by atoms with Gasteiger partial charge in [-0.05, 0) is 35.4 Å². The van der Waals surface area contributed by atoms with Crippen molar-refractivity contribution in [2.24, 2.45) is 0 Å². The number of oxazole rings is 1. The fourth-order valence-corrected chi connectivity index (χ4v) is 3.03. The Kier molecular flexibility index (Phi) is 3.32. The van der Waals surface area contributed by atoms with Gasteiger partial charge >= 0.3 is 0 Å². The van der Waals surface area contributed by atoms with E-state index in [-0.39, 0.29) is 11.9 Å². The molecule has 0 radical (unpaired) electrons. The summed E-state index contributed by atoms with van der Waals surface area (Å²) in [5.41, 5.74) is 2.96. The molecule has 1 aliphatic heterocycles. The van der Waals surface area contributed by atoms with E-state index in [2.05, 4.69) is 16.0 Å². The summed E-state index contributed by atoms with van der Waals surface area (Å²) in [4.78, 5) is 22.6. The van der Waals surface area contributed by atoms with Gasteiger partial charge in [-0.25, -0.2) is 4.98 Å². The number of hydrogen-bond acceptors (Lipinski definition) is 5. The smallest absolute Gasteiger partial charge is 0.256 e. The van der Waals surface area contributed by atoms with Crippen LogP contribution in [0.15, 0.2) is 59.7 Å². The van der Waals surface area contributed by atoms with Crippen molar-refractivity contribution >= 4 is 5.91 Å². The number of rotatable bonds is 2. The normalized spacial score (nSPS) is 15.8. The van der Waals surface area contributed by atoms with Gasteiger partial charge in [0.1, 0.15) is 6.04 Å². The van der Waals surface area contributed by atoms with Crippen LogP contribution in [0.2, 0.25) is 0 Å². The molecular weight excluding hydrogens is 304 g/mol. The highest BCUT2D eigenvalue weighted by molar-refractivity contribution is 5.94. The van der Waals surface area contributed by atoms with E-state index in [9.17, 15) is 4.79 Å². The van der Waals surface area contributed by atoms with Crippen LogP contribution < -0.4 is 0 Å². The SMILES string of the molecule is N#Cc1ccc2c(c1)CN(C(=O)c1cccnc1)[C@H]2c1cnco1. The van der Waals surface area contributed by atoms with E-state index in [0.29, 0.717) is 23.4 Å². The maximum Gasteiger partial charge on any atom is 0.256 e. The van der Waals surface area contributed by atoms with Gasteiger partial charge in [-0.2, -0.15) is 5.26 Å². The van der Waals surface area contributed by atoms with E-state index in [1.165, 1.54) is 6.39 Å². The molecule has 24 heavy (non-hydrogen) atoms. The maximum absolute atomic E-state index is 12.9. The molecule has 0 unspecified atom stereocenters. The Morgan fingerprint density at radius 1 is 1.29 bits per heavy atom. The summed E-state index contributed by atoms with van der Waals surface area (Å²) in [7, 11) is 0. The summed E-state index contributed by atoms with van der Waals surface area (Å²) in [6.07, 6.45) is 6.14. The van der Waals surface area contributed by atoms with Gasteiger partial charge < -0.3 is 9.32 Å². The maximum atomic E-state index is 12.9. The van der Waals surface area contributed by atoms with E-state index in [0.717, 1.165) is 11.1 Å². The monoisotopic (exact) mass is 316 g/mol. The van der Waals surface area contributed by atoms with Crippen LogP contribution in [0.4, 0.5) is 0 Å². The molecule has 0 fully saturated rings. The minimum absolute atomic E-state index is 0.140. The molecule has 6 heteroatoms. The van der Waals surface area contributed by atoms with Crippen molar-refractivity contribution in [2.75, 3.05) is 0 Å². The minimum atomic E-state index is -0.358. The second kappa shape index (κ2) is 5.63. The zero-order valence-corrected chi connectivity index (χ0v) is 12.6. The van der Waals surface area contributed by atoms with Crippen LogP contribution in [-0.4, -0.2) is 20.8 Å². The lowest BCUT2D eigenvalue weighted by Crippen LogP contribution is -2.30. The zero-order valence-electron chi connectivity index (χ0n) is 12.6. The molecule has 4 rings (SSSR count). The molecule has 1 atom stereocenters. The molecule has 3 aromatic rings. The van der Waals surface area contributed by atoms with E-state index in [1.807, 2.05) is 12.1 Å². The predicted molar refractivity (Wildman–Crippen MR) is 83.6 cm³/mol. The molecule has 2 aromatic heterocycles. The highest BCUT2D eigenvalue weighted by Crippen LogP contribution is 2.39. The fourth-order valence-electron chi connectivity index (χ4n) is 3.03. The number of hydrogen-bond donors (Lipinski definition) is 0. The van der Waals surface area contributed by atoms with Crippen molar-refractivity contribution in [2.45, 2.75) is 12.6 Å². The molecule has 1 amide bonds. The van der Waals surface area contributed by atoms with Gasteiger partial charge in [-0.15, -0.1) is 0 Å². The number of pyridine rings is 1. The Bertz CT molecular complexity index is 929. The van der Waals surface area contributed by atoms with E-state index in [1.54, 1.807) is 41.7 Å².